The fraction of sp³-hybridized carbons (Fsp3) is 0.615. The SMILES string of the molecule is CC(C)COc1cccn(CC(C)(C)N)c1=O. The highest BCUT2D eigenvalue weighted by Gasteiger charge is 2.14. The van der Waals surface area contributed by atoms with Crippen LogP contribution in [-0.2, 0) is 6.54 Å². The minimum absolute atomic E-state index is 0.119. The average molecular weight is 238 g/mol. The van der Waals surface area contributed by atoms with Crippen molar-refractivity contribution in [3.05, 3.63) is 28.7 Å². The third kappa shape index (κ3) is 4.61. The number of hydrogen-bond acceptors (Lipinski definition) is 3. The number of nitrogens with zero attached hydrogens (tertiary/aromatic N) is 1. The van der Waals surface area contributed by atoms with E-state index in [1.807, 2.05) is 33.8 Å². The van der Waals surface area contributed by atoms with Crippen molar-refractivity contribution < 1.29 is 4.74 Å². The summed E-state index contributed by atoms with van der Waals surface area (Å²) in [5.74, 6) is 0.791. The Hall–Kier alpha value is -1.29. The second-order valence-electron chi connectivity index (χ2n) is 5.50. The lowest BCUT2D eigenvalue weighted by atomic mass is 10.1. The summed E-state index contributed by atoms with van der Waals surface area (Å²) in [6.45, 7) is 8.90. The highest BCUT2D eigenvalue weighted by atomic mass is 16.5. The molecule has 0 radical (unpaired) electrons. The van der Waals surface area contributed by atoms with Gasteiger partial charge in [-0.3, -0.25) is 4.79 Å². The Kier molecular flexibility index (Phi) is 4.34. The largest absolute Gasteiger partial charge is 0.488 e. The van der Waals surface area contributed by atoms with Gasteiger partial charge in [-0.05, 0) is 31.9 Å². The summed E-state index contributed by atoms with van der Waals surface area (Å²) in [6, 6.07) is 3.51. The molecule has 0 unspecified atom stereocenters. The Morgan fingerprint density at radius 2 is 2.12 bits per heavy atom. The van der Waals surface area contributed by atoms with Crippen LogP contribution in [0.5, 0.6) is 5.75 Å². The van der Waals surface area contributed by atoms with Crippen molar-refractivity contribution in [3.8, 4) is 5.75 Å². The zero-order valence-corrected chi connectivity index (χ0v) is 11.1. The van der Waals surface area contributed by atoms with Gasteiger partial charge in [-0.2, -0.15) is 0 Å². The summed E-state index contributed by atoms with van der Waals surface area (Å²) in [5, 5.41) is 0. The first kappa shape index (κ1) is 13.8. The maximum Gasteiger partial charge on any atom is 0.292 e. The van der Waals surface area contributed by atoms with E-state index in [2.05, 4.69) is 0 Å². The molecule has 0 aliphatic rings. The van der Waals surface area contributed by atoms with Crippen LogP contribution >= 0.6 is 0 Å². The molecular weight excluding hydrogens is 216 g/mol. The fourth-order valence-electron chi connectivity index (χ4n) is 1.44. The van der Waals surface area contributed by atoms with Crippen molar-refractivity contribution in [2.75, 3.05) is 6.61 Å². The summed E-state index contributed by atoms with van der Waals surface area (Å²) in [4.78, 5) is 12.0. The number of aromatic nitrogens is 1. The molecule has 0 aromatic carbocycles. The van der Waals surface area contributed by atoms with Gasteiger partial charge >= 0.3 is 0 Å². The Labute approximate surface area is 102 Å². The maximum absolute atomic E-state index is 12.0. The summed E-state index contributed by atoms with van der Waals surface area (Å²) in [7, 11) is 0. The van der Waals surface area contributed by atoms with Gasteiger partial charge in [-0.15, -0.1) is 0 Å². The van der Waals surface area contributed by atoms with Gasteiger partial charge in [-0.25, -0.2) is 0 Å². The predicted molar refractivity (Wildman–Crippen MR) is 69.3 cm³/mol. The van der Waals surface area contributed by atoms with E-state index in [1.165, 1.54) is 0 Å². The van der Waals surface area contributed by atoms with Gasteiger partial charge in [0.15, 0.2) is 5.75 Å². The molecule has 0 saturated heterocycles. The zero-order chi connectivity index (χ0) is 13.1. The molecule has 0 spiro atoms. The van der Waals surface area contributed by atoms with Crippen LogP contribution in [0.15, 0.2) is 23.1 Å². The maximum atomic E-state index is 12.0. The quantitative estimate of drug-likeness (QED) is 0.848. The molecule has 1 aromatic heterocycles. The smallest absolute Gasteiger partial charge is 0.292 e. The normalized spacial score (nSPS) is 11.9. The Balaban J connectivity index is 2.88. The molecule has 2 N–H and O–H groups in total. The minimum atomic E-state index is -0.416. The summed E-state index contributed by atoms with van der Waals surface area (Å²) in [6.07, 6.45) is 1.74. The van der Waals surface area contributed by atoms with Gasteiger partial charge in [0.25, 0.3) is 5.56 Å². The first-order valence-electron chi connectivity index (χ1n) is 5.91. The van der Waals surface area contributed by atoms with Gasteiger partial charge in [-0.1, -0.05) is 13.8 Å². The van der Waals surface area contributed by atoms with Crippen molar-refractivity contribution in [2.24, 2.45) is 11.7 Å². The minimum Gasteiger partial charge on any atom is -0.488 e. The lowest BCUT2D eigenvalue weighted by Crippen LogP contribution is -2.40. The molecule has 4 nitrogen and oxygen atoms in total. The summed E-state index contributed by atoms with van der Waals surface area (Å²) >= 11 is 0. The standard InChI is InChI=1S/C13H22N2O2/c1-10(2)8-17-11-6-5-7-15(12(11)16)9-13(3,4)14/h5-7,10H,8-9,14H2,1-4H3. The molecule has 0 atom stereocenters. The number of hydrogen-bond donors (Lipinski definition) is 1. The Morgan fingerprint density at radius 3 is 2.65 bits per heavy atom. The molecule has 0 saturated carbocycles. The lowest BCUT2D eigenvalue weighted by molar-refractivity contribution is 0.264. The monoisotopic (exact) mass is 238 g/mol. The average Bonchev–Trinajstić information content (AvgIpc) is 2.17. The molecular formula is C13H22N2O2. The van der Waals surface area contributed by atoms with E-state index in [9.17, 15) is 4.79 Å². The highest BCUT2D eigenvalue weighted by molar-refractivity contribution is 5.17. The van der Waals surface area contributed by atoms with Crippen molar-refractivity contribution in [1.29, 1.82) is 0 Å². The van der Waals surface area contributed by atoms with Gasteiger partial charge < -0.3 is 15.0 Å². The van der Waals surface area contributed by atoms with Crippen LogP contribution in [0.2, 0.25) is 0 Å². The van der Waals surface area contributed by atoms with Gasteiger partial charge in [0.05, 0.1) is 6.61 Å². The van der Waals surface area contributed by atoms with Crippen LogP contribution in [0.25, 0.3) is 0 Å². The molecule has 1 aromatic rings. The molecule has 96 valence electrons. The second kappa shape index (κ2) is 5.36. The zero-order valence-electron chi connectivity index (χ0n) is 11.1. The van der Waals surface area contributed by atoms with E-state index in [-0.39, 0.29) is 5.56 Å². The van der Waals surface area contributed by atoms with E-state index in [0.29, 0.717) is 24.8 Å². The van der Waals surface area contributed by atoms with Crippen molar-refractivity contribution >= 4 is 0 Å². The third-order valence-corrected chi connectivity index (χ3v) is 2.14. The van der Waals surface area contributed by atoms with Gasteiger partial charge in [0, 0.05) is 18.3 Å². The molecule has 0 fully saturated rings. The first-order chi connectivity index (χ1) is 7.79. The summed E-state index contributed by atoms with van der Waals surface area (Å²) < 4.78 is 7.07. The number of ether oxygens (including phenoxy) is 1. The molecule has 0 aliphatic heterocycles. The second-order valence-corrected chi connectivity index (χ2v) is 5.50. The molecule has 0 aliphatic carbocycles. The van der Waals surface area contributed by atoms with Crippen LogP contribution in [0.4, 0.5) is 0 Å². The first-order valence-corrected chi connectivity index (χ1v) is 5.91. The Morgan fingerprint density at radius 1 is 1.47 bits per heavy atom. The van der Waals surface area contributed by atoms with Crippen LogP contribution in [0.3, 0.4) is 0 Å². The summed E-state index contributed by atoms with van der Waals surface area (Å²) in [5.41, 5.74) is 5.37. The van der Waals surface area contributed by atoms with E-state index in [4.69, 9.17) is 10.5 Å². The predicted octanol–water partition coefficient (Wildman–Crippen LogP) is 1.62. The molecule has 4 heteroatoms. The van der Waals surface area contributed by atoms with Crippen LogP contribution in [0.1, 0.15) is 27.7 Å². The van der Waals surface area contributed by atoms with Crippen LogP contribution < -0.4 is 16.0 Å². The van der Waals surface area contributed by atoms with E-state index >= 15 is 0 Å². The van der Waals surface area contributed by atoms with Crippen molar-refractivity contribution in [2.45, 2.75) is 39.8 Å². The number of pyridine rings is 1. The van der Waals surface area contributed by atoms with Gasteiger partial charge in [0.2, 0.25) is 0 Å². The Bertz CT molecular complexity index is 416. The van der Waals surface area contributed by atoms with E-state index in [0.717, 1.165) is 0 Å². The van der Waals surface area contributed by atoms with Gasteiger partial charge in [0.1, 0.15) is 0 Å². The van der Waals surface area contributed by atoms with Crippen molar-refractivity contribution in [3.63, 3.8) is 0 Å². The molecule has 1 heterocycles. The molecule has 0 bridgehead atoms. The molecule has 17 heavy (non-hydrogen) atoms. The van der Waals surface area contributed by atoms with Crippen molar-refractivity contribution in [1.82, 2.24) is 4.57 Å². The third-order valence-electron chi connectivity index (χ3n) is 2.14. The molecule has 1 rings (SSSR count). The van der Waals surface area contributed by atoms with E-state index in [1.54, 1.807) is 16.8 Å². The fourth-order valence-corrected chi connectivity index (χ4v) is 1.44. The number of rotatable bonds is 5. The number of nitrogens with two attached hydrogens (primary N) is 1. The highest BCUT2D eigenvalue weighted by Crippen LogP contribution is 2.06. The van der Waals surface area contributed by atoms with E-state index < -0.39 is 5.54 Å². The lowest BCUT2D eigenvalue weighted by Gasteiger charge is -2.20. The van der Waals surface area contributed by atoms with Crippen LogP contribution in [0, 0.1) is 5.92 Å². The topological polar surface area (TPSA) is 57.2 Å². The van der Waals surface area contributed by atoms with Crippen LogP contribution in [-0.4, -0.2) is 16.7 Å². The molecule has 0 amide bonds.